The minimum Gasteiger partial charge on any atom is -0.477 e. The summed E-state index contributed by atoms with van der Waals surface area (Å²) in [5.41, 5.74) is 0.497. The summed E-state index contributed by atoms with van der Waals surface area (Å²) >= 11 is 6.31. The average molecular weight is 394 g/mol. The maximum atomic E-state index is 15.3. The number of pyridine rings is 1. The van der Waals surface area contributed by atoms with E-state index in [1.165, 1.54) is 6.20 Å². The maximum Gasteiger partial charge on any atom is 0.341 e. The van der Waals surface area contributed by atoms with Gasteiger partial charge in [-0.2, -0.15) is 0 Å². The van der Waals surface area contributed by atoms with E-state index >= 15 is 4.39 Å². The number of hydrogen-bond donors (Lipinski definition) is 1. The summed E-state index contributed by atoms with van der Waals surface area (Å²) in [4.78, 5) is 28.4. The minimum absolute atomic E-state index is 0.0312. The molecular weight excluding hydrogens is 373 g/mol. The van der Waals surface area contributed by atoms with E-state index in [1.54, 1.807) is 11.5 Å². The van der Waals surface area contributed by atoms with Gasteiger partial charge in [-0.1, -0.05) is 11.6 Å². The highest BCUT2D eigenvalue weighted by molar-refractivity contribution is 6.36. The van der Waals surface area contributed by atoms with Crippen LogP contribution in [0.1, 0.15) is 34.8 Å². The lowest BCUT2D eigenvalue weighted by Crippen LogP contribution is -2.45. The molecule has 4 rings (SSSR count). The average Bonchev–Trinajstić information content (AvgIpc) is 3.46. The zero-order valence-corrected chi connectivity index (χ0v) is 16.0. The molecule has 2 fully saturated rings. The fourth-order valence-corrected chi connectivity index (χ4v) is 4.17. The predicted molar refractivity (Wildman–Crippen MR) is 103 cm³/mol. The van der Waals surface area contributed by atoms with E-state index in [4.69, 9.17) is 11.6 Å². The summed E-state index contributed by atoms with van der Waals surface area (Å²) in [6, 6.07) is 0.117. The van der Waals surface area contributed by atoms with Crippen molar-refractivity contribution in [3.05, 3.63) is 38.4 Å². The Labute approximate surface area is 160 Å². The third kappa shape index (κ3) is 2.89. The smallest absolute Gasteiger partial charge is 0.341 e. The van der Waals surface area contributed by atoms with Crippen molar-refractivity contribution in [1.82, 2.24) is 9.47 Å². The first kappa shape index (κ1) is 18.3. The highest BCUT2D eigenvalue weighted by Gasteiger charge is 2.32. The third-order valence-corrected chi connectivity index (χ3v) is 5.91. The van der Waals surface area contributed by atoms with Gasteiger partial charge in [-0.05, 0) is 32.4 Å². The number of benzene rings is 1. The molecule has 1 aliphatic carbocycles. The Hall–Kier alpha value is -2.12. The molecule has 1 aromatic carbocycles. The lowest BCUT2D eigenvalue weighted by atomic mass is 10.0. The Morgan fingerprint density at radius 2 is 1.89 bits per heavy atom. The number of carboxylic acids is 1. The van der Waals surface area contributed by atoms with Gasteiger partial charge in [0.2, 0.25) is 5.43 Å². The second-order valence-corrected chi connectivity index (χ2v) is 7.81. The zero-order chi connectivity index (χ0) is 19.5. The van der Waals surface area contributed by atoms with Crippen LogP contribution in [0.15, 0.2) is 11.0 Å². The molecule has 0 radical (unpaired) electrons. The summed E-state index contributed by atoms with van der Waals surface area (Å²) in [7, 11) is 2.02. The summed E-state index contributed by atoms with van der Waals surface area (Å²) in [5.74, 6) is -1.97. The monoisotopic (exact) mass is 393 g/mol. The number of aromatic nitrogens is 1. The number of likely N-dealkylation sites (N-methyl/N-ethyl adjacent to an activating group) is 1. The number of rotatable bonds is 3. The number of carboxylic acid groups (broad SMARTS) is 1. The lowest BCUT2D eigenvalue weighted by molar-refractivity contribution is 0.0695. The summed E-state index contributed by atoms with van der Waals surface area (Å²) in [6.45, 7) is 4.73. The van der Waals surface area contributed by atoms with Crippen LogP contribution in [0.3, 0.4) is 0 Å². The molecule has 27 heavy (non-hydrogen) atoms. The van der Waals surface area contributed by atoms with E-state index in [0.29, 0.717) is 29.9 Å². The Bertz CT molecular complexity index is 1010. The van der Waals surface area contributed by atoms with Gasteiger partial charge in [0.25, 0.3) is 0 Å². The molecule has 0 bridgehead atoms. The van der Waals surface area contributed by atoms with Crippen LogP contribution >= 0.6 is 11.6 Å². The molecule has 2 aromatic rings. The van der Waals surface area contributed by atoms with Gasteiger partial charge in [0, 0.05) is 38.4 Å². The number of hydrogen-bond acceptors (Lipinski definition) is 4. The highest BCUT2D eigenvalue weighted by Crippen LogP contribution is 2.42. The van der Waals surface area contributed by atoms with Crippen molar-refractivity contribution in [2.24, 2.45) is 0 Å². The fraction of sp³-hybridized carbons (Fsp3) is 0.474. The van der Waals surface area contributed by atoms with Gasteiger partial charge in [0.15, 0.2) is 5.82 Å². The number of piperazine rings is 1. The van der Waals surface area contributed by atoms with Crippen LogP contribution in [0.25, 0.3) is 10.9 Å². The van der Waals surface area contributed by atoms with E-state index in [0.717, 1.165) is 25.9 Å². The van der Waals surface area contributed by atoms with Gasteiger partial charge < -0.3 is 19.5 Å². The first-order chi connectivity index (χ1) is 12.8. The van der Waals surface area contributed by atoms with Gasteiger partial charge in [0.05, 0.1) is 21.6 Å². The molecule has 6 nitrogen and oxygen atoms in total. The topological polar surface area (TPSA) is 65.8 Å². The van der Waals surface area contributed by atoms with E-state index in [2.05, 4.69) is 4.90 Å². The lowest BCUT2D eigenvalue weighted by Gasteiger charge is -2.35. The fourth-order valence-electron chi connectivity index (χ4n) is 3.91. The normalized spacial score (nSPS) is 18.3. The van der Waals surface area contributed by atoms with Gasteiger partial charge in [-0.3, -0.25) is 4.79 Å². The Balaban J connectivity index is 2.03. The van der Waals surface area contributed by atoms with Crippen molar-refractivity contribution in [3.63, 3.8) is 0 Å². The van der Waals surface area contributed by atoms with E-state index in [1.807, 2.05) is 11.9 Å². The van der Waals surface area contributed by atoms with Crippen LogP contribution in [-0.4, -0.2) is 53.8 Å². The van der Waals surface area contributed by atoms with Crippen molar-refractivity contribution in [3.8, 4) is 0 Å². The molecule has 0 spiro atoms. The molecular formula is C19H21ClFN3O3. The predicted octanol–water partition coefficient (Wildman–Crippen LogP) is 2.89. The van der Waals surface area contributed by atoms with Gasteiger partial charge in [-0.25, -0.2) is 9.18 Å². The third-order valence-electron chi connectivity index (χ3n) is 5.56. The van der Waals surface area contributed by atoms with Crippen molar-refractivity contribution in [2.45, 2.75) is 25.8 Å². The van der Waals surface area contributed by atoms with E-state index in [9.17, 15) is 14.7 Å². The number of aryl methyl sites for hydroxylation is 1. The van der Waals surface area contributed by atoms with Gasteiger partial charge in [0.1, 0.15) is 5.56 Å². The number of fused-ring (bicyclic) bond motifs is 1. The number of halogens is 2. The first-order valence-electron chi connectivity index (χ1n) is 9.04. The quantitative estimate of drug-likeness (QED) is 0.868. The molecule has 1 aromatic heterocycles. The van der Waals surface area contributed by atoms with Crippen molar-refractivity contribution in [1.29, 1.82) is 0 Å². The van der Waals surface area contributed by atoms with Crippen LogP contribution in [0.4, 0.5) is 10.1 Å². The Kier molecular flexibility index (Phi) is 4.39. The molecule has 1 saturated heterocycles. The molecule has 0 atom stereocenters. The van der Waals surface area contributed by atoms with E-state index < -0.39 is 17.2 Å². The zero-order valence-electron chi connectivity index (χ0n) is 15.3. The van der Waals surface area contributed by atoms with Crippen LogP contribution in [0.5, 0.6) is 0 Å². The molecule has 1 aliphatic heterocycles. The summed E-state index contributed by atoms with van der Waals surface area (Å²) < 4.78 is 17.1. The summed E-state index contributed by atoms with van der Waals surface area (Å²) in [6.07, 6.45) is 3.18. The van der Waals surface area contributed by atoms with Crippen LogP contribution in [0.2, 0.25) is 5.02 Å². The van der Waals surface area contributed by atoms with Crippen LogP contribution in [0, 0.1) is 12.7 Å². The molecule has 0 unspecified atom stereocenters. The number of carbonyl (C=O) groups is 1. The molecule has 1 N–H and O–H groups in total. The largest absolute Gasteiger partial charge is 0.477 e. The van der Waals surface area contributed by atoms with Crippen LogP contribution < -0.4 is 10.3 Å². The minimum atomic E-state index is -1.33. The van der Waals surface area contributed by atoms with Crippen molar-refractivity contribution < 1.29 is 14.3 Å². The van der Waals surface area contributed by atoms with Crippen LogP contribution in [-0.2, 0) is 0 Å². The van der Waals surface area contributed by atoms with E-state index in [-0.39, 0.29) is 22.0 Å². The molecule has 2 heterocycles. The molecule has 1 saturated carbocycles. The summed E-state index contributed by atoms with van der Waals surface area (Å²) in [5, 5.41) is 9.09. The second-order valence-electron chi connectivity index (χ2n) is 7.43. The van der Waals surface area contributed by atoms with Gasteiger partial charge >= 0.3 is 5.97 Å². The second kappa shape index (κ2) is 6.49. The Morgan fingerprint density at radius 1 is 1.26 bits per heavy atom. The maximum absolute atomic E-state index is 15.3. The number of nitrogens with zero attached hydrogens (tertiary/aromatic N) is 3. The van der Waals surface area contributed by atoms with Crippen molar-refractivity contribution >= 4 is 34.2 Å². The molecule has 8 heteroatoms. The van der Waals surface area contributed by atoms with Gasteiger partial charge in [-0.15, -0.1) is 0 Å². The molecule has 2 aliphatic rings. The Morgan fingerprint density at radius 3 is 2.44 bits per heavy atom. The number of anilines is 1. The number of aromatic carboxylic acids is 1. The van der Waals surface area contributed by atoms with Crippen molar-refractivity contribution in [2.75, 3.05) is 38.1 Å². The standard InChI is InChI=1S/C19H21ClFN3O3/c1-10-16-13(18(25)12(19(26)27)9-24(16)11-3-4-11)14(20)15(21)17(10)23-7-5-22(2)6-8-23/h9,11H,3-8H2,1-2H3,(H,26,27). The molecule has 144 valence electrons. The SMILES string of the molecule is Cc1c(N2CCN(C)CC2)c(F)c(Cl)c2c(=O)c(C(=O)O)cn(C3CC3)c12. The molecule has 0 amide bonds. The highest BCUT2D eigenvalue weighted by atomic mass is 35.5. The first-order valence-corrected chi connectivity index (χ1v) is 9.42.